The monoisotopic (exact) mass is 841 g/mol. The second-order valence-corrected chi connectivity index (χ2v) is 18.6. The molecular formula is C44H57F2N11O4. The van der Waals surface area contributed by atoms with E-state index in [1.165, 1.54) is 12.1 Å². The van der Waals surface area contributed by atoms with Crippen molar-refractivity contribution in [3.05, 3.63) is 76.6 Å². The summed E-state index contributed by atoms with van der Waals surface area (Å²) in [4.78, 5) is 60.9. The average molecular weight is 842 g/mol. The molecule has 3 N–H and O–H groups in total. The minimum Gasteiger partial charge on any atom is -0.368 e. The first kappa shape index (κ1) is 43.6. The maximum absolute atomic E-state index is 15.3. The van der Waals surface area contributed by atoms with Gasteiger partial charge in [-0.05, 0) is 89.4 Å². The van der Waals surface area contributed by atoms with Crippen LogP contribution in [-0.4, -0.2) is 95.0 Å². The second kappa shape index (κ2) is 16.7. The smallest absolute Gasteiger partial charge is 0.350 e. The lowest BCUT2D eigenvalue weighted by molar-refractivity contribution is 0.214. The highest BCUT2D eigenvalue weighted by molar-refractivity contribution is 5.88. The van der Waals surface area contributed by atoms with Crippen molar-refractivity contribution in [2.75, 3.05) is 82.1 Å². The minimum atomic E-state index is -0.671. The summed E-state index contributed by atoms with van der Waals surface area (Å²) in [6, 6.07) is 6.93. The fourth-order valence-electron chi connectivity index (χ4n) is 9.98. The number of nitrogens with one attached hydrogen (secondary N) is 1. The van der Waals surface area contributed by atoms with E-state index in [1.807, 2.05) is 30.8 Å². The van der Waals surface area contributed by atoms with Gasteiger partial charge in [0.2, 0.25) is 0 Å². The van der Waals surface area contributed by atoms with E-state index >= 15 is 8.78 Å². The third-order valence-electron chi connectivity index (χ3n) is 13.0. The van der Waals surface area contributed by atoms with E-state index in [1.54, 1.807) is 16.1 Å². The van der Waals surface area contributed by atoms with Crippen molar-refractivity contribution >= 4 is 33.2 Å². The molecule has 2 aromatic carbocycles. The van der Waals surface area contributed by atoms with Crippen LogP contribution in [0, 0.1) is 59.0 Å². The largest absolute Gasteiger partial charge is 0.368 e. The third-order valence-corrected chi connectivity index (χ3v) is 13.0. The summed E-state index contributed by atoms with van der Waals surface area (Å²) in [7, 11) is 4.01. The predicted octanol–water partition coefficient (Wildman–Crippen LogP) is 4.26. The number of aromatic amines is 1. The van der Waals surface area contributed by atoms with Crippen LogP contribution >= 0.6 is 0 Å². The number of nitrogens with two attached hydrogens (primary N) is 1. The van der Waals surface area contributed by atoms with E-state index in [4.69, 9.17) is 16.4 Å². The van der Waals surface area contributed by atoms with Crippen LogP contribution in [-0.2, 0) is 0 Å². The maximum atomic E-state index is 15.3. The molecule has 4 aliphatic rings. The molecule has 326 valence electrons. The van der Waals surface area contributed by atoms with Crippen molar-refractivity contribution in [2.45, 2.75) is 91.1 Å². The van der Waals surface area contributed by atoms with E-state index in [0.29, 0.717) is 90.3 Å². The Kier molecular flexibility index (Phi) is 12.0. The lowest BCUT2D eigenvalue weighted by Gasteiger charge is -2.31. The number of aromatic nitrogens is 4. The van der Waals surface area contributed by atoms with Crippen molar-refractivity contribution in [1.29, 1.82) is 10.5 Å². The molecular weight excluding hydrogens is 785 g/mol. The van der Waals surface area contributed by atoms with Crippen LogP contribution in [0.25, 0.3) is 21.8 Å². The molecule has 2 atom stereocenters. The van der Waals surface area contributed by atoms with Crippen LogP contribution < -0.4 is 38.1 Å². The Labute approximate surface area is 353 Å². The molecule has 2 aliphatic carbocycles. The number of benzene rings is 2. The first-order valence-electron chi connectivity index (χ1n) is 21.2. The lowest BCUT2D eigenvalue weighted by atomic mass is 9.89. The van der Waals surface area contributed by atoms with E-state index in [0.717, 1.165) is 51.6 Å². The summed E-state index contributed by atoms with van der Waals surface area (Å²) in [6.07, 6.45) is 6.24. The summed E-state index contributed by atoms with van der Waals surface area (Å²) < 4.78 is 34.3. The van der Waals surface area contributed by atoms with Gasteiger partial charge < -0.3 is 25.4 Å². The van der Waals surface area contributed by atoms with Gasteiger partial charge in [0, 0.05) is 88.4 Å². The van der Waals surface area contributed by atoms with Crippen LogP contribution in [0.2, 0.25) is 0 Å². The molecule has 8 rings (SSSR count). The molecule has 61 heavy (non-hydrogen) atoms. The summed E-state index contributed by atoms with van der Waals surface area (Å²) >= 11 is 0. The average Bonchev–Trinajstić information content (AvgIpc) is 4.14. The van der Waals surface area contributed by atoms with Gasteiger partial charge in [0.25, 0.3) is 11.1 Å². The van der Waals surface area contributed by atoms with Crippen LogP contribution in [0.5, 0.6) is 0 Å². The Morgan fingerprint density at radius 2 is 1.21 bits per heavy atom. The standard InChI is InChI=1S/C22H29FN6O2.C22H28FN5O2/c1-14-18-16(20(30)29(25)21(31)28(18)15-5-6-15)11-17(23)19(14)27-10-7-22(2,13-27)12-26(3)9-4-8-24;1-14-18-16(20(29)25-21(30)28(18)15-5-6-15)11-17(23)19(14)27-10-7-22(2,13-27)12-26(3)9-4-8-24/h11,15H,4-7,9-10,12-13,25H2,1-3H3;11,15H,4-7,9-10,12-13H2,1-3H3,(H,25,29,30). The number of nitrogens with zero attached hydrogens (tertiary/aromatic N) is 9. The number of hydrogen-bond acceptors (Lipinski definition) is 11. The van der Waals surface area contributed by atoms with Crippen LogP contribution in [0.15, 0.2) is 31.3 Å². The molecule has 2 aliphatic heterocycles. The molecule has 17 heteroatoms. The Hall–Kier alpha value is -5.52. The lowest BCUT2D eigenvalue weighted by Crippen LogP contribution is -2.44. The van der Waals surface area contributed by atoms with Crippen molar-refractivity contribution in [3.8, 4) is 12.1 Å². The highest BCUT2D eigenvalue weighted by atomic mass is 19.1. The van der Waals surface area contributed by atoms with E-state index in [9.17, 15) is 19.2 Å². The Morgan fingerprint density at radius 3 is 1.67 bits per heavy atom. The Balaban J connectivity index is 0.000000184. The van der Waals surface area contributed by atoms with Gasteiger partial charge in [0.05, 0.1) is 45.3 Å². The van der Waals surface area contributed by atoms with Gasteiger partial charge in [0.1, 0.15) is 11.6 Å². The number of rotatable bonds is 12. The van der Waals surface area contributed by atoms with Crippen molar-refractivity contribution in [1.82, 2.24) is 28.6 Å². The topological polar surface area (TPSA) is 185 Å². The molecule has 2 saturated carbocycles. The molecule has 0 radical (unpaired) electrons. The summed E-state index contributed by atoms with van der Waals surface area (Å²) in [5.41, 5.74) is 1.02. The van der Waals surface area contributed by atoms with Gasteiger partial charge in [-0.15, -0.1) is 0 Å². The van der Waals surface area contributed by atoms with E-state index in [2.05, 4.69) is 40.8 Å². The molecule has 4 heterocycles. The highest BCUT2D eigenvalue weighted by Gasteiger charge is 2.39. The molecule has 2 saturated heterocycles. The summed E-state index contributed by atoms with van der Waals surface area (Å²) in [5.74, 6) is 4.81. The Morgan fingerprint density at radius 1 is 0.770 bits per heavy atom. The van der Waals surface area contributed by atoms with Gasteiger partial charge >= 0.3 is 11.4 Å². The zero-order valence-corrected chi connectivity index (χ0v) is 36.1. The van der Waals surface area contributed by atoms with Gasteiger partial charge in [0.15, 0.2) is 0 Å². The molecule has 15 nitrogen and oxygen atoms in total. The minimum absolute atomic E-state index is 0.0000361. The number of H-pyrrole nitrogens is 1. The van der Waals surface area contributed by atoms with Gasteiger partial charge in [-0.2, -0.15) is 15.2 Å². The van der Waals surface area contributed by atoms with Gasteiger partial charge in [-0.3, -0.25) is 23.7 Å². The van der Waals surface area contributed by atoms with Gasteiger partial charge in [-0.1, -0.05) is 13.8 Å². The predicted molar refractivity (Wildman–Crippen MR) is 233 cm³/mol. The SMILES string of the molecule is Cc1c(N2CCC(C)(CN(C)CCC#N)C2)c(F)cc2c(=O)[nH]c(=O)n(C3CC3)c12.Cc1c(N2CCC(C)(CN(C)CCC#N)C2)c(F)cc2c(=O)n(N)c(=O)n(C3CC3)c12. The normalized spacial score (nSPS) is 21.4. The van der Waals surface area contributed by atoms with Gasteiger partial charge in [-0.25, -0.2) is 18.4 Å². The number of halogens is 2. The number of aryl methyl sites for hydroxylation is 2. The van der Waals surface area contributed by atoms with Crippen LogP contribution in [0.3, 0.4) is 0 Å². The molecule has 2 aromatic heterocycles. The molecule has 2 unspecified atom stereocenters. The molecule has 4 fully saturated rings. The van der Waals surface area contributed by atoms with Crippen molar-refractivity contribution in [2.24, 2.45) is 10.8 Å². The molecule has 0 bridgehead atoms. The second-order valence-electron chi connectivity index (χ2n) is 18.6. The zero-order valence-electron chi connectivity index (χ0n) is 36.1. The quantitative estimate of drug-likeness (QED) is 0.194. The number of anilines is 2. The Bertz CT molecular complexity index is 2700. The molecule has 4 aromatic rings. The van der Waals surface area contributed by atoms with Crippen molar-refractivity contribution < 1.29 is 8.78 Å². The summed E-state index contributed by atoms with van der Waals surface area (Å²) in [6.45, 7) is 13.8. The number of nitrogen functional groups attached to an aromatic ring is 1. The number of nitriles is 2. The fraction of sp³-hybridized carbons (Fsp3) is 0.591. The van der Waals surface area contributed by atoms with E-state index < -0.39 is 34.1 Å². The maximum Gasteiger partial charge on any atom is 0.350 e. The van der Waals surface area contributed by atoms with Crippen molar-refractivity contribution in [3.63, 3.8) is 0 Å². The number of hydrogen-bond donors (Lipinski definition) is 2. The fourth-order valence-corrected chi connectivity index (χ4v) is 9.98. The zero-order chi connectivity index (χ0) is 44.1. The number of fused-ring (bicyclic) bond motifs is 2. The molecule has 0 spiro atoms. The van der Waals surface area contributed by atoms with Crippen LogP contribution in [0.4, 0.5) is 20.2 Å². The third kappa shape index (κ3) is 8.55. The first-order chi connectivity index (χ1) is 28.9. The first-order valence-corrected chi connectivity index (χ1v) is 21.2. The van der Waals surface area contributed by atoms with Crippen LogP contribution in [0.1, 0.15) is 88.4 Å². The molecule has 0 amide bonds. The van der Waals surface area contributed by atoms with E-state index in [-0.39, 0.29) is 33.7 Å². The summed E-state index contributed by atoms with van der Waals surface area (Å²) in [5, 5.41) is 18.0. The highest BCUT2D eigenvalue weighted by Crippen LogP contribution is 2.43.